The largest absolute Gasteiger partial charge is 0.386 e. The summed E-state index contributed by atoms with van der Waals surface area (Å²) in [7, 11) is 0. The first-order valence-corrected chi connectivity index (χ1v) is 9.96. The highest BCUT2D eigenvalue weighted by Crippen LogP contribution is 2.24. The number of hydrogen-bond donors (Lipinski definition) is 3. The molecule has 0 bridgehead atoms. The maximum Gasteiger partial charge on any atom is 0.315 e. The smallest absolute Gasteiger partial charge is 0.315 e. The van der Waals surface area contributed by atoms with Gasteiger partial charge in [-0.1, -0.05) is 56.1 Å². The second-order valence-corrected chi connectivity index (χ2v) is 8.13. The van der Waals surface area contributed by atoms with Gasteiger partial charge < -0.3 is 10.4 Å². The molecule has 2 rings (SSSR count). The molecule has 3 N–H and O–H groups in total. The van der Waals surface area contributed by atoms with Crippen LogP contribution in [0.5, 0.6) is 0 Å². The van der Waals surface area contributed by atoms with Gasteiger partial charge in [0.2, 0.25) is 0 Å². The molecule has 1 aromatic carbocycles. The number of benzene rings is 1. The van der Waals surface area contributed by atoms with Crippen molar-refractivity contribution in [2.45, 2.75) is 44.2 Å². The maximum absolute atomic E-state index is 13.1. The molecular weight excluding hydrogens is 403 g/mol. The molecule has 0 radical (unpaired) electrons. The minimum absolute atomic E-state index is 0.311. The minimum Gasteiger partial charge on any atom is -0.386 e. The van der Waals surface area contributed by atoms with E-state index in [1.807, 2.05) is 17.4 Å². The lowest BCUT2D eigenvalue weighted by atomic mass is 9.99. The number of nitrogens with zero attached hydrogens (tertiary/aromatic N) is 1. The third-order valence-corrected chi connectivity index (χ3v) is 4.84. The van der Waals surface area contributed by atoms with E-state index in [-0.39, 0.29) is 0 Å². The summed E-state index contributed by atoms with van der Waals surface area (Å²) in [6, 6.07) is 8.93. The van der Waals surface area contributed by atoms with Crippen LogP contribution < -0.4 is 10.0 Å². The average Bonchev–Trinajstić information content (AvgIpc) is 2.71. The average molecular weight is 427 g/mol. The number of alkyl halides is 3. The van der Waals surface area contributed by atoms with E-state index in [1.165, 1.54) is 0 Å². The molecule has 1 aromatic heterocycles. The molecule has 2 atom stereocenters. The molecule has 0 saturated carbocycles. The number of pyridine rings is 1. The second kappa shape index (κ2) is 11.2. The van der Waals surface area contributed by atoms with Crippen LogP contribution in [0, 0.1) is 0 Å². The monoisotopic (exact) mass is 427 g/mol. The van der Waals surface area contributed by atoms with Crippen LogP contribution in [0.3, 0.4) is 0 Å². The van der Waals surface area contributed by atoms with Gasteiger partial charge in [0.15, 0.2) is 0 Å². The van der Waals surface area contributed by atoms with Crippen molar-refractivity contribution in [3.05, 3.63) is 53.9 Å². The highest BCUT2D eigenvalue weighted by molar-refractivity contribution is 7.97. The molecule has 1 amide bonds. The topological polar surface area (TPSA) is 74.2 Å². The van der Waals surface area contributed by atoms with Crippen LogP contribution in [-0.2, 0) is 11.3 Å². The first-order valence-electron chi connectivity index (χ1n) is 9.08. The van der Waals surface area contributed by atoms with Crippen LogP contribution >= 0.6 is 11.9 Å². The molecule has 0 aliphatic rings. The van der Waals surface area contributed by atoms with Crippen LogP contribution in [0.2, 0.25) is 0 Å². The van der Waals surface area contributed by atoms with Crippen molar-refractivity contribution in [1.82, 2.24) is 15.0 Å². The van der Waals surface area contributed by atoms with E-state index >= 15 is 0 Å². The quantitative estimate of drug-likeness (QED) is 0.505. The zero-order valence-electron chi connectivity index (χ0n) is 16.1. The van der Waals surface area contributed by atoms with Crippen molar-refractivity contribution in [2.24, 2.45) is 0 Å². The highest BCUT2D eigenvalue weighted by atomic mass is 32.2. The lowest BCUT2D eigenvalue weighted by Gasteiger charge is -2.22. The lowest BCUT2D eigenvalue weighted by Crippen LogP contribution is -2.43. The molecule has 158 valence electrons. The zero-order valence-corrected chi connectivity index (χ0v) is 16.9. The van der Waals surface area contributed by atoms with E-state index in [4.69, 9.17) is 0 Å². The number of amides is 1. The number of rotatable bonds is 10. The first kappa shape index (κ1) is 23.2. The van der Waals surface area contributed by atoms with Gasteiger partial charge in [-0.05, 0) is 17.2 Å². The predicted molar refractivity (Wildman–Crippen MR) is 108 cm³/mol. The van der Waals surface area contributed by atoms with Gasteiger partial charge in [-0.2, -0.15) is 8.78 Å². The van der Waals surface area contributed by atoms with Crippen LogP contribution in [0.1, 0.15) is 31.2 Å². The standard InChI is InChI=1S/C20H24F3N3O2S/c1-12(2)29-25-11-16-8-7-15(10-24-16)13-3-5-14(6-4-13)18(27)17(9-21)26-20(28)19(22)23/h3-8,10,12,17-19,25,27H,9,11H2,1-2H3,(H,26,28). The Hall–Kier alpha value is -2.10. The van der Waals surface area contributed by atoms with Gasteiger partial charge in [0.1, 0.15) is 12.8 Å². The molecule has 5 nitrogen and oxygen atoms in total. The van der Waals surface area contributed by atoms with Gasteiger partial charge in [-0.25, -0.2) is 4.39 Å². The van der Waals surface area contributed by atoms with Crippen molar-refractivity contribution >= 4 is 17.9 Å². The van der Waals surface area contributed by atoms with E-state index in [0.29, 0.717) is 17.4 Å². The van der Waals surface area contributed by atoms with Crippen molar-refractivity contribution < 1.29 is 23.1 Å². The number of aliphatic hydroxyl groups excluding tert-OH is 1. The normalized spacial score (nSPS) is 13.5. The summed E-state index contributed by atoms with van der Waals surface area (Å²) in [4.78, 5) is 15.5. The summed E-state index contributed by atoms with van der Waals surface area (Å²) in [6.45, 7) is 3.66. The molecular formula is C20H24F3N3O2S. The molecule has 2 unspecified atom stereocenters. The first-order chi connectivity index (χ1) is 13.8. The number of carbonyl (C=O) groups excluding carboxylic acids is 1. The number of carbonyl (C=O) groups is 1. The highest BCUT2D eigenvalue weighted by Gasteiger charge is 2.26. The van der Waals surface area contributed by atoms with Gasteiger partial charge in [0.05, 0.1) is 11.7 Å². The molecule has 0 aliphatic carbocycles. The van der Waals surface area contributed by atoms with E-state index in [1.54, 1.807) is 42.4 Å². The molecule has 0 fully saturated rings. The Bertz CT molecular complexity index is 774. The molecule has 2 aromatic rings. The van der Waals surface area contributed by atoms with Gasteiger partial charge in [0.25, 0.3) is 5.91 Å². The molecule has 9 heteroatoms. The van der Waals surface area contributed by atoms with E-state index in [2.05, 4.69) is 23.6 Å². The summed E-state index contributed by atoms with van der Waals surface area (Å²) >= 11 is 1.63. The Morgan fingerprint density at radius 2 is 1.79 bits per heavy atom. The van der Waals surface area contributed by atoms with Crippen molar-refractivity contribution in [2.75, 3.05) is 6.67 Å². The summed E-state index contributed by atoms with van der Waals surface area (Å²) in [5.74, 6) is -1.62. The summed E-state index contributed by atoms with van der Waals surface area (Å²) in [5.41, 5.74) is 2.90. The summed E-state index contributed by atoms with van der Waals surface area (Å²) < 4.78 is 41.0. The Labute approximate surface area is 172 Å². The fraction of sp³-hybridized carbons (Fsp3) is 0.400. The Kier molecular flexibility index (Phi) is 8.94. The molecule has 0 aliphatic heterocycles. The number of aliphatic hydroxyl groups is 1. The van der Waals surface area contributed by atoms with Crippen molar-refractivity contribution in [3.8, 4) is 11.1 Å². The van der Waals surface area contributed by atoms with Crippen LogP contribution in [-0.4, -0.2) is 40.4 Å². The van der Waals surface area contributed by atoms with Crippen molar-refractivity contribution in [3.63, 3.8) is 0 Å². The Morgan fingerprint density at radius 1 is 1.14 bits per heavy atom. The third-order valence-electron chi connectivity index (χ3n) is 4.06. The number of aromatic nitrogens is 1. The number of hydrogen-bond acceptors (Lipinski definition) is 5. The Balaban J connectivity index is 2.02. The molecule has 0 saturated heterocycles. The fourth-order valence-electron chi connectivity index (χ4n) is 2.53. The van der Waals surface area contributed by atoms with Crippen LogP contribution in [0.4, 0.5) is 13.2 Å². The number of halogens is 3. The predicted octanol–water partition coefficient (Wildman–Crippen LogP) is 3.65. The minimum atomic E-state index is -3.27. The fourth-order valence-corrected chi connectivity index (χ4v) is 3.10. The zero-order chi connectivity index (χ0) is 21.4. The maximum atomic E-state index is 13.1. The van der Waals surface area contributed by atoms with E-state index in [0.717, 1.165) is 16.8 Å². The van der Waals surface area contributed by atoms with Gasteiger partial charge in [0, 0.05) is 23.6 Å². The van der Waals surface area contributed by atoms with Crippen LogP contribution in [0.25, 0.3) is 11.1 Å². The van der Waals surface area contributed by atoms with Crippen LogP contribution in [0.15, 0.2) is 42.6 Å². The second-order valence-electron chi connectivity index (χ2n) is 6.66. The lowest BCUT2D eigenvalue weighted by molar-refractivity contribution is -0.133. The number of nitrogens with one attached hydrogen (secondary N) is 2. The third kappa shape index (κ3) is 7.02. The van der Waals surface area contributed by atoms with E-state index in [9.17, 15) is 23.1 Å². The van der Waals surface area contributed by atoms with E-state index < -0.39 is 31.2 Å². The molecule has 1 heterocycles. The van der Waals surface area contributed by atoms with Gasteiger partial charge >= 0.3 is 6.43 Å². The summed E-state index contributed by atoms with van der Waals surface area (Å²) in [6.07, 6.45) is -2.98. The molecule has 29 heavy (non-hydrogen) atoms. The Morgan fingerprint density at radius 3 is 2.31 bits per heavy atom. The van der Waals surface area contributed by atoms with Crippen molar-refractivity contribution in [1.29, 1.82) is 0 Å². The summed E-state index contributed by atoms with van der Waals surface area (Å²) in [5, 5.41) is 12.5. The SMILES string of the molecule is CC(C)SNCc1ccc(-c2ccc(C(O)C(CF)NC(=O)C(F)F)cc2)cn1. The molecule has 0 spiro atoms. The van der Waals surface area contributed by atoms with Gasteiger partial charge in [-0.3, -0.25) is 14.5 Å². The van der Waals surface area contributed by atoms with Gasteiger partial charge in [-0.15, -0.1) is 0 Å².